The molecule has 3 aliphatic heterocycles. The number of hydrogen-bond acceptors (Lipinski definition) is 7. The molecular weight excluding hydrogens is 376 g/mol. The average molecular weight is 401 g/mol. The van der Waals surface area contributed by atoms with Crippen molar-refractivity contribution in [3.05, 3.63) is 39.8 Å². The van der Waals surface area contributed by atoms with Gasteiger partial charge in [0.2, 0.25) is 5.95 Å². The fourth-order valence-electron chi connectivity index (χ4n) is 4.33. The lowest BCUT2D eigenvalue weighted by Crippen LogP contribution is -2.46. The third kappa shape index (κ3) is 3.29. The number of ether oxygens (including phenoxy) is 2. The smallest absolute Gasteiger partial charge is 0.261 e. The van der Waals surface area contributed by atoms with Crippen molar-refractivity contribution in [2.75, 3.05) is 37.8 Å². The number of piperidine rings is 1. The van der Waals surface area contributed by atoms with Gasteiger partial charge >= 0.3 is 0 Å². The van der Waals surface area contributed by atoms with Crippen LogP contribution in [0, 0.1) is 0 Å². The highest BCUT2D eigenvalue weighted by Crippen LogP contribution is 2.45. The van der Waals surface area contributed by atoms with E-state index in [1.54, 1.807) is 23.7 Å². The summed E-state index contributed by atoms with van der Waals surface area (Å²) in [6.45, 7) is 3.75. The minimum Gasteiger partial charge on any atom is -0.379 e. The molecule has 2 saturated heterocycles. The first-order valence-electron chi connectivity index (χ1n) is 9.91. The summed E-state index contributed by atoms with van der Waals surface area (Å²) in [4.78, 5) is 25.7. The molecule has 0 bridgehead atoms. The van der Waals surface area contributed by atoms with Crippen LogP contribution in [0.3, 0.4) is 0 Å². The largest absolute Gasteiger partial charge is 0.379 e. The molecule has 2 fully saturated rings. The molecule has 3 aliphatic rings. The Morgan fingerprint density at radius 3 is 2.82 bits per heavy atom. The average Bonchev–Trinajstić information content (AvgIpc) is 3.40. The Morgan fingerprint density at radius 2 is 2.07 bits per heavy atom. The SMILES string of the molecule is O=C(NC1CCOC1)c1cc2c(s1)C1(CCN(c3ncccn3)CC1)OCC2. The molecule has 0 aliphatic carbocycles. The first-order valence-corrected chi connectivity index (χ1v) is 10.7. The van der Waals surface area contributed by atoms with Crippen molar-refractivity contribution in [2.24, 2.45) is 0 Å². The highest BCUT2D eigenvalue weighted by Gasteiger charge is 2.43. The van der Waals surface area contributed by atoms with Crippen LogP contribution < -0.4 is 10.2 Å². The van der Waals surface area contributed by atoms with Crippen molar-refractivity contribution in [2.45, 2.75) is 37.3 Å². The molecule has 1 N–H and O–H groups in total. The molecule has 7 nitrogen and oxygen atoms in total. The second kappa shape index (κ2) is 7.42. The Hall–Kier alpha value is -2.03. The van der Waals surface area contributed by atoms with Gasteiger partial charge in [-0.15, -0.1) is 11.3 Å². The van der Waals surface area contributed by atoms with E-state index in [1.807, 2.05) is 6.07 Å². The first kappa shape index (κ1) is 18.0. The fourth-order valence-corrected chi connectivity index (χ4v) is 5.65. The normalized spacial score (nSPS) is 23.6. The van der Waals surface area contributed by atoms with Gasteiger partial charge in [-0.05, 0) is 43.4 Å². The van der Waals surface area contributed by atoms with E-state index in [4.69, 9.17) is 9.47 Å². The van der Waals surface area contributed by atoms with Crippen LogP contribution in [0.15, 0.2) is 24.5 Å². The molecule has 2 aromatic heterocycles. The summed E-state index contributed by atoms with van der Waals surface area (Å²) in [5.41, 5.74) is 0.993. The van der Waals surface area contributed by atoms with Gasteiger partial charge in [-0.25, -0.2) is 9.97 Å². The quantitative estimate of drug-likeness (QED) is 0.851. The lowest BCUT2D eigenvalue weighted by Gasteiger charge is -2.43. The van der Waals surface area contributed by atoms with E-state index >= 15 is 0 Å². The van der Waals surface area contributed by atoms with Crippen LogP contribution in [0.1, 0.15) is 39.4 Å². The summed E-state index contributed by atoms with van der Waals surface area (Å²) in [5, 5.41) is 3.11. The molecule has 0 radical (unpaired) electrons. The van der Waals surface area contributed by atoms with E-state index in [2.05, 4.69) is 26.3 Å². The Labute approximate surface area is 168 Å². The Balaban J connectivity index is 1.33. The first-order chi connectivity index (χ1) is 13.7. The maximum atomic E-state index is 12.7. The molecule has 148 valence electrons. The van der Waals surface area contributed by atoms with Gasteiger partial charge in [-0.2, -0.15) is 0 Å². The van der Waals surface area contributed by atoms with Gasteiger partial charge in [0.1, 0.15) is 5.60 Å². The minimum atomic E-state index is -0.279. The summed E-state index contributed by atoms with van der Waals surface area (Å²) in [5.74, 6) is 0.790. The molecular formula is C20H24N4O3S. The number of carbonyl (C=O) groups excluding carboxylic acids is 1. The van der Waals surface area contributed by atoms with Crippen LogP contribution in [-0.2, 0) is 21.5 Å². The van der Waals surface area contributed by atoms with Crippen molar-refractivity contribution in [3.8, 4) is 0 Å². The predicted octanol–water partition coefficient (Wildman–Crippen LogP) is 2.13. The number of anilines is 1. The van der Waals surface area contributed by atoms with Crippen molar-refractivity contribution >= 4 is 23.2 Å². The highest BCUT2D eigenvalue weighted by atomic mass is 32.1. The summed E-state index contributed by atoms with van der Waals surface area (Å²) in [7, 11) is 0. The van der Waals surface area contributed by atoms with Gasteiger partial charge in [0, 0.05) is 37.0 Å². The molecule has 5 rings (SSSR count). The zero-order valence-corrected chi connectivity index (χ0v) is 16.5. The third-order valence-corrected chi connectivity index (χ3v) is 7.23. The number of aromatic nitrogens is 2. The van der Waals surface area contributed by atoms with Crippen LogP contribution in [0.5, 0.6) is 0 Å². The standard InChI is InChI=1S/C20H24N4O3S/c25-18(23-15-3-10-26-13-15)16-12-14-2-11-27-20(17(14)28-16)4-8-24(9-5-20)19-21-6-1-7-22-19/h1,6-7,12,15H,2-5,8-11,13H2,(H,23,25). The summed E-state index contributed by atoms with van der Waals surface area (Å²) < 4.78 is 11.7. The monoisotopic (exact) mass is 400 g/mol. The molecule has 0 saturated carbocycles. The lowest BCUT2D eigenvalue weighted by molar-refractivity contribution is -0.0736. The number of rotatable bonds is 3. The van der Waals surface area contributed by atoms with Gasteiger partial charge in [-0.3, -0.25) is 4.79 Å². The van der Waals surface area contributed by atoms with Crippen LogP contribution in [0.4, 0.5) is 5.95 Å². The fraction of sp³-hybridized carbons (Fsp3) is 0.550. The van der Waals surface area contributed by atoms with Crippen molar-refractivity contribution in [1.29, 1.82) is 0 Å². The van der Waals surface area contributed by atoms with E-state index < -0.39 is 0 Å². The second-order valence-electron chi connectivity index (χ2n) is 7.63. The molecule has 28 heavy (non-hydrogen) atoms. The van der Waals surface area contributed by atoms with Crippen LogP contribution in [0.2, 0.25) is 0 Å². The van der Waals surface area contributed by atoms with E-state index in [0.29, 0.717) is 13.2 Å². The van der Waals surface area contributed by atoms with Crippen molar-refractivity contribution in [1.82, 2.24) is 15.3 Å². The number of hydrogen-bond donors (Lipinski definition) is 1. The number of fused-ring (bicyclic) bond motifs is 2. The molecule has 1 amide bonds. The maximum Gasteiger partial charge on any atom is 0.261 e. The van der Waals surface area contributed by atoms with Gasteiger partial charge in [0.05, 0.1) is 24.1 Å². The van der Waals surface area contributed by atoms with Crippen molar-refractivity contribution in [3.63, 3.8) is 0 Å². The van der Waals surface area contributed by atoms with Gasteiger partial charge in [0.15, 0.2) is 0 Å². The predicted molar refractivity (Wildman–Crippen MR) is 106 cm³/mol. The van der Waals surface area contributed by atoms with Crippen molar-refractivity contribution < 1.29 is 14.3 Å². The van der Waals surface area contributed by atoms with Crippen LogP contribution in [0.25, 0.3) is 0 Å². The Bertz CT molecular complexity index is 842. The summed E-state index contributed by atoms with van der Waals surface area (Å²) in [6.07, 6.45) is 7.09. The van der Waals surface area contributed by atoms with Gasteiger partial charge in [-0.1, -0.05) is 0 Å². The molecule has 2 aromatic rings. The zero-order valence-electron chi connectivity index (χ0n) is 15.7. The van der Waals surface area contributed by atoms with E-state index in [1.165, 1.54) is 10.4 Å². The minimum absolute atomic E-state index is 0.0140. The lowest BCUT2D eigenvalue weighted by atomic mass is 9.85. The zero-order chi connectivity index (χ0) is 19.0. The Morgan fingerprint density at radius 1 is 1.25 bits per heavy atom. The van der Waals surface area contributed by atoms with Crippen LogP contribution >= 0.6 is 11.3 Å². The number of nitrogens with one attached hydrogen (secondary N) is 1. The topological polar surface area (TPSA) is 76.6 Å². The van der Waals surface area contributed by atoms with Gasteiger partial charge in [0.25, 0.3) is 5.91 Å². The van der Waals surface area contributed by atoms with Crippen LogP contribution in [-0.4, -0.2) is 54.8 Å². The number of carbonyl (C=O) groups is 1. The number of amides is 1. The van der Waals surface area contributed by atoms with E-state index in [0.717, 1.165) is 56.2 Å². The highest BCUT2D eigenvalue weighted by molar-refractivity contribution is 7.14. The van der Waals surface area contributed by atoms with Gasteiger partial charge < -0.3 is 19.7 Å². The maximum absolute atomic E-state index is 12.7. The molecule has 5 heterocycles. The molecule has 1 atom stereocenters. The van der Waals surface area contributed by atoms with E-state index in [-0.39, 0.29) is 17.6 Å². The molecule has 8 heteroatoms. The third-order valence-electron chi connectivity index (χ3n) is 5.87. The number of thiophene rings is 1. The molecule has 1 spiro atoms. The Kier molecular flexibility index (Phi) is 4.78. The molecule has 1 unspecified atom stereocenters. The second-order valence-corrected chi connectivity index (χ2v) is 8.68. The molecule has 0 aromatic carbocycles. The summed E-state index contributed by atoms with van der Waals surface area (Å²) in [6, 6.07) is 4.04. The van der Waals surface area contributed by atoms with E-state index in [9.17, 15) is 4.79 Å². The number of nitrogens with zero attached hydrogens (tertiary/aromatic N) is 3. The summed E-state index contributed by atoms with van der Waals surface area (Å²) >= 11 is 1.60.